The molecule has 1 atom stereocenters. The number of hydrogen-bond acceptors (Lipinski definition) is 4. The molecule has 2 N–H and O–H groups in total. The SMILES string of the molecule is C=CCNS(=O)(=O)c1cccc(C(=O)N2CCNC[C@H]2C)c1.Cl. The molecule has 0 saturated carbocycles. The van der Waals surface area contributed by atoms with Gasteiger partial charge < -0.3 is 10.2 Å². The Bertz CT molecular complexity index is 664. The molecule has 1 aliphatic rings. The highest BCUT2D eigenvalue weighted by Crippen LogP contribution is 2.15. The van der Waals surface area contributed by atoms with Crippen molar-refractivity contribution in [3.05, 3.63) is 42.5 Å². The Hall–Kier alpha value is -1.41. The van der Waals surface area contributed by atoms with Crippen LogP contribution in [0, 0.1) is 0 Å². The number of nitrogens with one attached hydrogen (secondary N) is 2. The molecule has 8 heteroatoms. The molecule has 1 saturated heterocycles. The molecule has 0 bridgehead atoms. The van der Waals surface area contributed by atoms with E-state index in [0.29, 0.717) is 12.1 Å². The van der Waals surface area contributed by atoms with Gasteiger partial charge in [0, 0.05) is 37.8 Å². The van der Waals surface area contributed by atoms with Crippen LogP contribution in [-0.2, 0) is 10.0 Å². The Balaban J connectivity index is 0.00000264. The van der Waals surface area contributed by atoms with Crippen molar-refractivity contribution < 1.29 is 13.2 Å². The van der Waals surface area contributed by atoms with Crippen molar-refractivity contribution in [2.24, 2.45) is 0 Å². The van der Waals surface area contributed by atoms with Crippen molar-refractivity contribution in [1.29, 1.82) is 0 Å². The lowest BCUT2D eigenvalue weighted by Crippen LogP contribution is -2.52. The third kappa shape index (κ3) is 4.78. The molecular weight excluding hydrogens is 338 g/mol. The van der Waals surface area contributed by atoms with Crippen molar-refractivity contribution in [3.63, 3.8) is 0 Å². The van der Waals surface area contributed by atoms with E-state index in [0.717, 1.165) is 13.1 Å². The number of rotatable bonds is 5. The first-order valence-corrected chi connectivity index (χ1v) is 8.66. The van der Waals surface area contributed by atoms with Crippen LogP contribution in [0.5, 0.6) is 0 Å². The molecule has 0 aromatic heterocycles. The second-order valence-electron chi connectivity index (χ2n) is 5.22. The Morgan fingerprint density at radius 1 is 1.52 bits per heavy atom. The van der Waals surface area contributed by atoms with Crippen molar-refractivity contribution in [2.75, 3.05) is 26.2 Å². The zero-order valence-electron chi connectivity index (χ0n) is 13.0. The van der Waals surface area contributed by atoms with Crippen LogP contribution >= 0.6 is 12.4 Å². The minimum absolute atomic E-state index is 0. The van der Waals surface area contributed by atoms with E-state index in [-0.39, 0.29) is 35.8 Å². The summed E-state index contributed by atoms with van der Waals surface area (Å²) in [6, 6.07) is 6.21. The monoisotopic (exact) mass is 359 g/mol. The number of carbonyl (C=O) groups is 1. The van der Waals surface area contributed by atoms with E-state index in [1.165, 1.54) is 18.2 Å². The van der Waals surface area contributed by atoms with Gasteiger partial charge in [-0.3, -0.25) is 4.79 Å². The summed E-state index contributed by atoms with van der Waals surface area (Å²) in [4.78, 5) is 14.4. The number of amides is 1. The van der Waals surface area contributed by atoms with Gasteiger partial charge in [0.15, 0.2) is 0 Å². The number of benzene rings is 1. The van der Waals surface area contributed by atoms with E-state index >= 15 is 0 Å². The summed E-state index contributed by atoms with van der Waals surface area (Å²) < 4.78 is 26.6. The van der Waals surface area contributed by atoms with Crippen LogP contribution in [0.25, 0.3) is 0 Å². The quantitative estimate of drug-likeness (QED) is 0.769. The summed E-state index contributed by atoms with van der Waals surface area (Å²) in [5, 5.41) is 3.22. The van der Waals surface area contributed by atoms with E-state index in [2.05, 4.69) is 16.6 Å². The fraction of sp³-hybridized carbons (Fsp3) is 0.400. The zero-order valence-corrected chi connectivity index (χ0v) is 14.6. The first-order valence-electron chi connectivity index (χ1n) is 7.18. The topological polar surface area (TPSA) is 78.5 Å². The first kappa shape index (κ1) is 19.6. The van der Waals surface area contributed by atoms with Gasteiger partial charge in [0.25, 0.3) is 5.91 Å². The van der Waals surface area contributed by atoms with Crippen molar-refractivity contribution >= 4 is 28.3 Å². The molecule has 0 spiro atoms. The fourth-order valence-electron chi connectivity index (χ4n) is 2.36. The third-order valence-electron chi connectivity index (χ3n) is 3.57. The number of sulfonamides is 1. The van der Waals surface area contributed by atoms with Crippen LogP contribution in [0.4, 0.5) is 0 Å². The van der Waals surface area contributed by atoms with Gasteiger partial charge >= 0.3 is 0 Å². The minimum Gasteiger partial charge on any atom is -0.333 e. The second kappa shape index (κ2) is 8.44. The second-order valence-corrected chi connectivity index (χ2v) is 6.99. The lowest BCUT2D eigenvalue weighted by molar-refractivity contribution is 0.0655. The number of hydrogen-bond donors (Lipinski definition) is 2. The summed E-state index contributed by atoms with van der Waals surface area (Å²) in [6.07, 6.45) is 1.47. The molecule has 1 aliphatic heterocycles. The maximum Gasteiger partial charge on any atom is 0.254 e. The van der Waals surface area contributed by atoms with E-state index in [4.69, 9.17) is 0 Å². The van der Waals surface area contributed by atoms with Gasteiger partial charge in [-0.05, 0) is 25.1 Å². The predicted octanol–water partition coefficient (Wildman–Crippen LogP) is 1.01. The average Bonchev–Trinajstić information content (AvgIpc) is 2.53. The predicted molar refractivity (Wildman–Crippen MR) is 92.4 cm³/mol. The van der Waals surface area contributed by atoms with Crippen molar-refractivity contribution in [2.45, 2.75) is 17.9 Å². The molecule has 2 rings (SSSR count). The molecule has 128 valence electrons. The van der Waals surface area contributed by atoms with Crippen LogP contribution in [0.1, 0.15) is 17.3 Å². The van der Waals surface area contributed by atoms with Crippen LogP contribution < -0.4 is 10.0 Å². The molecule has 1 aromatic rings. The number of piperazine rings is 1. The maximum atomic E-state index is 12.6. The summed E-state index contributed by atoms with van der Waals surface area (Å²) in [6.45, 7) is 7.70. The van der Waals surface area contributed by atoms with Crippen LogP contribution in [0.15, 0.2) is 41.8 Å². The molecule has 1 heterocycles. The normalized spacial score (nSPS) is 18.1. The highest BCUT2D eigenvalue weighted by Gasteiger charge is 2.25. The van der Waals surface area contributed by atoms with E-state index in [9.17, 15) is 13.2 Å². The van der Waals surface area contributed by atoms with Gasteiger partial charge in [-0.25, -0.2) is 13.1 Å². The summed E-state index contributed by atoms with van der Waals surface area (Å²) in [7, 11) is -3.63. The molecule has 0 aliphatic carbocycles. The summed E-state index contributed by atoms with van der Waals surface area (Å²) >= 11 is 0. The third-order valence-corrected chi connectivity index (χ3v) is 4.99. The van der Waals surface area contributed by atoms with Gasteiger partial charge in [0.2, 0.25) is 10.0 Å². The lowest BCUT2D eigenvalue weighted by atomic mass is 10.1. The van der Waals surface area contributed by atoms with Gasteiger partial charge in [-0.2, -0.15) is 0 Å². The smallest absolute Gasteiger partial charge is 0.254 e. The average molecular weight is 360 g/mol. The molecular formula is C15H22ClN3O3S. The molecule has 1 aromatic carbocycles. The van der Waals surface area contributed by atoms with E-state index in [1.54, 1.807) is 17.0 Å². The van der Waals surface area contributed by atoms with Crippen molar-refractivity contribution in [3.8, 4) is 0 Å². The molecule has 0 radical (unpaired) electrons. The van der Waals surface area contributed by atoms with Crippen LogP contribution in [-0.4, -0.2) is 51.4 Å². The highest BCUT2D eigenvalue weighted by atomic mass is 35.5. The van der Waals surface area contributed by atoms with Gasteiger partial charge in [0.1, 0.15) is 0 Å². The number of carbonyl (C=O) groups excluding carboxylic acids is 1. The first-order chi connectivity index (χ1) is 10.5. The molecule has 23 heavy (non-hydrogen) atoms. The van der Waals surface area contributed by atoms with Gasteiger partial charge in [-0.15, -0.1) is 19.0 Å². The standard InChI is InChI=1S/C15H21N3O3S.ClH/c1-3-7-17-22(20,21)14-6-4-5-13(10-14)15(19)18-9-8-16-11-12(18)2;/h3-6,10,12,16-17H,1,7-9,11H2,2H3;1H/t12-;/m1./s1. The Kier molecular flexibility index (Phi) is 7.21. The van der Waals surface area contributed by atoms with Crippen molar-refractivity contribution in [1.82, 2.24) is 14.9 Å². The van der Waals surface area contributed by atoms with E-state index in [1.807, 2.05) is 6.92 Å². The molecule has 0 unspecified atom stereocenters. The Labute approximate surface area is 143 Å². The lowest BCUT2D eigenvalue weighted by Gasteiger charge is -2.34. The minimum atomic E-state index is -3.63. The Morgan fingerprint density at radius 3 is 2.91 bits per heavy atom. The summed E-state index contributed by atoms with van der Waals surface area (Å²) in [5.41, 5.74) is 0.384. The van der Waals surface area contributed by atoms with Gasteiger partial charge in [-0.1, -0.05) is 12.1 Å². The van der Waals surface area contributed by atoms with Crippen LogP contribution in [0.3, 0.4) is 0 Å². The summed E-state index contributed by atoms with van der Waals surface area (Å²) in [5.74, 6) is -0.144. The van der Waals surface area contributed by atoms with Crippen LogP contribution in [0.2, 0.25) is 0 Å². The largest absolute Gasteiger partial charge is 0.333 e. The fourth-order valence-corrected chi connectivity index (χ4v) is 3.40. The molecule has 6 nitrogen and oxygen atoms in total. The molecule has 1 amide bonds. The maximum absolute atomic E-state index is 12.6. The van der Waals surface area contributed by atoms with E-state index < -0.39 is 10.0 Å². The highest BCUT2D eigenvalue weighted by molar-refractivity contribution is 7.89. The van der Waals surface area contributed by atoms with Gasteiger partial charge in [0.05, 0.1) is 4.90 Å². The number of nitrogens with zero attached hydrogens (tertiary/aromatic N) is 1. The Morgan fingerprint density at radius 2 is 2.26 bits per heavy atom. The molecule has 1 fully saturated rings. The zero-order chi connectivity index (χ0) is 16.2. The number of halogens is 1.